The highest BCUT2D eigenvalue weighted by Crippen LogP contribution is 2.60. The Labute approximate surface area is 192 Å². The number of hydrogen-bond donors (Lipinski definition) is 1. The molecule has 0 aliphatic heterocycles. The molecule has 3 aliphatic carbocycles. The highest BCUT2D eigenvalue weighted by molar-refractivity contribution is 5.36. The Balaban J connectivity index is 1.81. The van der Waals surface area contributed by atoms with E-state index in [0.29, 0.717) is 23.4 Å². The van der Waals surface area contributed by atoms with Crippen LogP contribution < -0.4 is 0 Å². The molecule has 0 bridgehead atoms. The average molecular weight is 429 g/mol. The van der Waals surface area contributed by atoms with Gasteiger partial charge in [-0.15, -0.1) is 0 Å². The third-order valence-electron chi connectivity index (χ3n) is 8.68. The van der Waals surface area contributed by atoms with Crippen molar-refractivity contribution in [2.45, 2.75) is 111 Å². The fourth-order valence-corrected chi connectivity index (χ4v) is 7.09. The molecule has 3 aliphatic rings. The van der Waals surface area contributed by atoms with Crippen LogP contribution >= 0.6 is 0 Å². The zero-order chi connectivity index (χ0) is 22.6. The van der Waals surface area contributed by atoms with Gasteiger partial charge in [0.25, 0.3) is 0 Å². The maximum atomic E-state index is 10.1. The number of ether oxygens (including phenoxy) is 1. The fourth-order valence-electron chi connectivity index (χ4n) is 7.09. The standard InChI is InChI=1S/C29H48O2/c1-7-31-27-19-26-23(14-15-24-18-25(30)16-13-21(24)4)12-9-17-29(26,6)28(27)22(5)11-8-10-20(2)3/h14-15,20,22,25-28,30H,4,7-13,16-19H2,1-3,5-6H3/b23-14+,24-15+/t22-,25+,26+,27?,28+,29-/m1/s1. The van der Waals surface area contributed by atoms with E-state index in [9.17, 15) is 5.11 Å². The molecule has 6 atom stereocenters. The number of aliphatic hydroxyl groups is 1. The van der Waals surface area contributed by atoms with Crippen LogP contribution in [0.25, 0.3) is 0 Å². The molecule has 0 aromatic carbocycles. The minimum absolute atomic E-state index is 0.198. The molecule has 2 nitrogen and oxygen atoms in total. The van der Waals surface area contributed by atoms with Crippen LogP contribution in [-0.2, 0) is 4.74 Å². The second-order valence-electron chi connectivity index (χ2n) is 11.4. The Morgan fingerprint density at radius 3 is 2.68 bits per heavy atom. The molecular formula is C29H48O2. The molecule has 2 heteroatoms. The molecule has 0 spiro atoms. The number of aliphatic hydroxyl groups excluding tert-OH is 1. The lowest BCUT2D eigenvalue weighted by molar-refractivity contribution is -0.0185. The van der Waals surface area contributed by atoms with E-state index < -0.39 is 0 Å². The predicted octanol–water partition coefficient (Wildman–Crippen LogP) is 7.63. The predicted molar refractivity (Wildman–Crippen MR) is 132 cm³/mol. The smallest absolute Gasteiger partial charge is 0.0617 e. The molecular weight excluding hydrogens is 380 g/mol. The first-order chi connectivity index (χ1) is 14.8. The van der Waals surface area contributed by atoms with Gasteiger partial charge in [0, 0.05) is 6.61 Å². The number of allylic oxidation sites excluding steroid dienone is 4. The van der Waals surface area contributed by atoms with E-state index in [1.807, 2.05) is 0 Å². The zero-order valence-electron chi connectivity index (χ0n) is 21.0. The van der Waals surface area contributed by atoms with Gasteiger partial charge in [-0.25, -0.2) is 0 Å². The summed E-state index contributed by atoms with van der Waals surface area (Å²) in [4.78, 5) is 0. The molecule has 0 aromatic rings. The van der Waals surface area contributed by atoms with Crippen LogP contribution in [0.5, 0.6) is 0 Å². The van der Waals surface area contributed by atoms with E-state index in [2.05, 4.69) is 53.3 Å². The molecule has 1 unspecified atom stereocenters. The van der Waals surface area contributed by atoms with E-state index in [1.54, 1.807) is 5.57 Å². The third kappa shape index (κ3) is 5.74. The van der Waals surface area contributed by atoms with Crippen LogP contribution in [0.3, 0.4) is 0 Å². The zero-order valence-corrected chi connectivity index (χ0v) is 21.0. The van der Waals surface area contributed by atoms with Crippen molar-refractivity contribution in [3.8, 4) is 0 Å². The van der Waals surface area contributed by atoms with Gasteiger partial charge in [-0.05, 0) is 86.5 Å². The highest BCUT2D eigenvalue weighted by Gasteiger charge is 2.55. The Bertz CT molecular complexity index is 672. The van der Waals surface area contributed by atoms with Gasteiger partial charge >= 0.3 is 0 Å². The van der Waals surface area contributed by atoms with E-state index in [0.717, 1.165) is 37.7 Å². The van der Waals surface area contributed by atoms with Crippen molar-refractivity contribution in [3.05, 3.63) is 35.5 Å². The van der Waals surface area contributed by atoms with Gasteiger partial charge in [-0.3, -0.25) is 0 Å². The van der Waals surface area contributed by atoms with Gasteiger partial charge in [0.15, 0.2) is 0 Å². The van der Waals surface area contributed by atoms with E-state index in [-0.39, 0.29) is 6.10 Å². The van der Waals surface area contributed by atoms with Crippen LogP contribution in [0.4, 0.5) is 0 Å². The molecule has 176 valence electrons. The summed E-state index contributed by atoms with van der Waals surface area (Å²) < 4.78 is 6.41. The lowest BCUT2D eigenvalue weighted by Gasteiger charge is -2.45. The van der Waals surface area contributed by atoms with Crippen LogP contribution in [0.1, 0.15) is 98.8 Å². The monoisotopic (exact) mass is 428 g/mol. The van der Waals surface area contributed by atoms with E-state index in [1.165, 1.54) is 56.1 Å². The number of rotatable bonds is 8. The Morgan fingerprint density at radius 2 is 1.97 bits per heavy atom. The molecule has 3 saturated carbocycles. The summed E-state index contributed by atoms with van der Waals surface area (Å²) in [5, 5.41) is 10.1. The quantitative estimate of drug-likeness (QED) is 0.430. The van der Waals surface area contributed by atoms with Crippen molar-refractivity contribution < 1.29 is 9.84 Å². The minimum Gasteiger partial charge on any atom is -0.393 e. The molecule has 3 fully saturated rings. The second kappa shape index (κ2) is 10.8. The van der Waals surface area contributed by atoms with Crippen molar-refractivity contribution >= 4 is 0 Å². The van der Waals surface area contributed by atoms with Crippen molar-refractivity contribution in [1.82, 2.24) is 0 Å². The number of hydrogen-bond acceptors (Lipinski definition) is 2. The first-order valence-corrected chi connectivity index (χ1v) is 13.1. The topological polar surface area (TPSA) is 29.5 Å². The molecule has 0 radical (unpaired) electrons. The van der Waals surface area contributed by atoms with Gasteiger partial charge in [-0.2, -0.15) is 0 Å². The van der Waals surface area contributed by atoms with Gasteiger partial charge in [0.05, 0.1) is 12.2 Å². The lowest BCUT2D eigenvalue weighted by Crippen LogP contribution is -2.39. The van der Waals surface area contributed by atoms with Crippen LogP contribution in [0.15, 0.2) is 35.5 Å². The minimum atomic E-state index is -0.198. The van der Waals surface area contributed by atoms with Crippen molar-refractivity contribution in [2.24, 2.45) is 29.1 Å². The molecule has 3 rings (SSSR count). The summed E-state index contributed by atoms with van der Waals surface area (Å²) in [6.07, 6.45) is 16.5. The van der Waals surface area contributed by atoms with Crippen molar-refractivity contribution in [3.63, 3.8) is 0 Å². The lowest BCUT2D eigenvalue weighted by atomic mass is 9.60. The Kier molecular flexibility index (Phi) is 8.66. The first-order valence-electron chi connectivity index (χ1n) is 13.1. The number of fused-ring (bicyclic) bond motifs is 1. The third-order valence-corrected chi connectivity index (χ3v) is 8.68. The molecule has 31 heavy (non-hydrogen) atoms. The van der Waals surface area contributed by atoms with Gasteiger partial charge < -0.3 is 9.84 Å². The van der Waals surface area contributed by atoms with Crippen LogP contribution in [-0.4, -0.2) is 23.9 Å². The molecule has 0 saturated heterocycles. The molecule has 0 amide bonds. The summed E-state index contributed by atoms with van der Waals surface area (Å²) in [6, 6.07) is 0. The highest BCUT2D eigenvalue weighted by atomic mass is 16.5. The summed E-state index contributed by atoms with van der Waals surface area (Å²) in [6.45, 7) is 17.0. The first kappa shape index (κ1) is 24.8. The van der Waals surface area contributed by atoms with Gasteiger partial charge in [-0.1, -0.05) is 76.8 Å². The second-order valence-corrected chi connectivity index (χ2v) is 11.4. The average Bonchev–Trinajstić information content (AvgIpc) is 3.01. The Hall–Kier alpha value is -0.860. The summed E-state index contributed by atoms with van der Waals surface area (Å²) >= 11 is 0. The van der Waals surface area contributed by atoms with Crippen LogP contribution in [0.2, 0.25) is 0 Å². The summed E-state index contributed by atoms with van der Waals surface area (Å²) in [5.74, 6) is 2.81. The van der Waals surface area contributed by atoms with E-state index >= 15 is 0 Å². The largest absolute Gasteiger partial charge is 0.393 e. The van der Waals surface area contributed by atoms with Gasteiger partial charge in [0.1, 0.15) is 0 Å². The molecule has 0 heterocycles. The van der Waals surface area contributed by atoms with E-state index in [4.69, 9.17) is 4.74 Å². The summed E-state index contributed by atoms with van der Waals surface area (Å²) in [7, 11) is 0. The maximum Gasteiger partial charge on any atom is 0.0617 e. The SMILES string of the molecule is C=C1CC[C@H](O)C/C1=C\C=C1/CCC[C@@]2(C)[C@@H]([C@H](C)CCCC(C)C)C(OCC)C[C@@H]12. The van der Waals surface area contributed by atoms with Crippen molar-refractivity contribution in [1.29, 1.82) is 0 Å². The normalized spacial score (nSPS) is 37.6. The fraction of sp³-hybridized carbons (Fsp3) is 0.793. The van der Waals surface area contributed by atoms with Gasteiger partial charge in [0.2, 0.25) is 0 Å². The van der Waals surface area contributed by atoms with Crippen molar-refractivity contribution in [2.75, 3.05) is 6.61 Å². The molecule has 1 N–H and O–H groups in total. The van der Waals surface area contributed by atoms with Crippen LogP contribution in [0, 0.1) is 29.1 Å². The maximum absolute atomic E-state index is 10.1. The summed E-state index contributed by atoms with van der Waals surface area (Å²) in [5.41, 5.74) is 4.45. The Morgan fingerprint density at radius 1 is 1.19 bits per heavy atom. The molecule has 0 aromatic heterocycles.